The summed E-state index contributed by atoms with van der Waals surface area (Å²) < 4.78 is 17.6. The van der Waals surface area contributed by atoms with Crippen molar-refractivity contribution in [2.45, 2.75) is 19.4 Å². The number of carbonyl (C=O) groups is 3. The van der Waals surface area contributed by atoms with Gasteiger partial charge in [-0.3, -0.25) is 14.4 Å². The van der Waals surface area contributed by atoms with Crippen LogP contribution in [-0.4, -0.2) is 24.3 Å². The van der Waals surface area contributed by atoms with Crippen molar-refractivity contribution >= 4 is 17.7 Å². The number of esters is 1. The maximum absolute atomic E-state index is 12.8. The number of benzene rings is 2. The van der Waals surface area contributed by atoms with Gasteiger partial charge in [-0.1, -0.05) is 42.5 Å². The third kappa shape index (κ3) is 6.55. The van der Waals surface area contributed by atoms with Gasteiger partial charge in [-0.05, 0) is 17.7 Å². The molecule has 6 heteroatoms. The summed E-state index contributed by atoms with van der Waals surface area (Å²) in [5, 5.41) is 2.56. The molecule has 130 valence electrons. The first kappa shape index (κ1) is 18.3. The first-order valence-corrected chi connectivity index (χ1v) is 7.79. The first-order chi connectivity index (χ1) is 12.0. The highest BCUT2D eigenvalue weighted by Crippen LogP contribution is 2.06. The number of nitrogens with one attached hydrogen (secondary N) is 1. The quantitative estimate of drug-likeness (QED) is 0.591. The van der Waals surface area contributed by atoms with Gasteiger partial charge in [0.2, 0.25) is 0 Å². The van der Waals surface area contributed by atoms with E-state index < -0.39 is 18.5 Å². The summed E-state index contributed by atoms with van der Waals surface area (Å²) in [6.07, 6.45) is -0.0565. The van der Waals surface area contributed by atoms with E-state index in [-0.39, 0.29) is 31.0 Å². The summed E-state index contributed by atoms with van der Waals surface area (Å²) in [5.41, 5.74) is 1.27. The predicted octanol–water partition coefficient (Wildman–Crippen LogP) is 2.65. The number of Topliss-reactive ketones (excluding diaryl/α,β-unsaturated/α-hetero) is 1. The molecule has 1 N–H and O–H groups in total. The Balaban J connectivity index is 1.64. The zero-order valence-corrected chi connectivity index (χ0v) is 13.5. The molecule has 0 aliphatic heterocycles. The molecule has 0 saturated heterocycles. The minimum absolute atomic E-state index is 0.0278. The summed E-state index contributed by atoms with van der Waals surface area (Å²) in [6.45, 7) is -0.206. The molecule has 2 aromatic rings. The van der Waals surface area contributed by atoms with Crippen LogP contribution < -0.4 is 5.32 Å². The number of rotatable bonds is 8. The Kier molecular flexibility index (Phi) is 6.83. The molecule has 0 aliphatic rings. The van der Waals surface area contributed by atoms with Gasteiger partial charge in [0, 0.05) is 18.5 Å². The number of halogens is 1. The largest absolute Gasteiger partial charge is 0.456 e. The second-order valence-electron chi connectivity index (χ2n) is 5.35. The SMILES string of the molecule is O=C(COC(=O)CCC(=O)c1ccccc1)NCc1ccc(F)cc1. The molecule has 0 saturated carbocycles. The van der Waals surface area contributed by atoms with Crippen molar-refractivity contribution in [2.24, 2.45) is 0 Å². The molecule has 0 radical (unpaired) electrons. The van der Waals surface area contributed by atoms with Crippen LogP contribution in [0.4, 0.5) is 4.39 Å². The molecule has 0 unspecified atom stereocenters. The van der Waals surface area contributed by atoms with E-state index >= 15 is 0 Å². The van der Waals surface area contributed by atoms with E-state index in [1.165, 1.54) is 12.1 Å². The Morgan fingerprint density at radius 3 is 2.28 bits per heavy atom. The number of ketones is 1. The van der Waals surface area contributed by atoms with Crippen LogP contribution in [0.1, 0.15) is 28.8 Å². The van der Waals surface area contributed by atoms with Crippen molar-refractivity contribution in [2.75, 3.05) is 6.61 Å². The maximum atomic E-state index is 12.8. The third-order valence-electron chi connectivity index (χ3n) is 3.42. The Morgan fingerprint density at radius 2 is 1.60 bits per heavy atom. The van der Waals surface area contributed by atoms with E-state index in [1.807, 2.05) is 0 Å². The van der Waals surface area contributed by atoms with Gasteiger partial charge in [-0.15, -0.1) is 0 Å². The summed E-state index contributed by atoms with van der Waals surface area (Å²) in [7, 11) is 0. The summed E-state index contributed by atoms with van der Waals surface area (Å²) in [4.78, 5) is 35.1. The Labute approximate surface area is 144 Å². The highest BCUT2D eigenvalue weighted by molar-refractivity contribution is 5.97. The van der Waals surface area contributed by atoms with Crippen LogP contribution in [0.2, 0.25) is 0 Å². The number of ether oxygens (including phenoxy) is 1. The maximum Gasteiger partial charge on any atom is 0.306 e. The number of hydrogen-bond donors (Lipinski definition) is 1. The molecule has 2 aromatic carbocycles. The van der Waals surface area contributed by atoms with Crippen LogP contribution in [-0.2, 0) is 20.9 Å². The van der Waals surface area contributed by atoms with Crippen molar-refractivity contribution < 1.29 is 23.5 Å². The molecule has 0 atom stereocenters. The van der Waals surface area contributed by atoms with E-state index in [1.54, 1.807) is 42.5 Å². The highest BCUT2D eigenvalue weighted by atomic mass is 19.1. The number of hydrogen-bond acceptors (Lipinski definition) is 4. The smallest absolute Gasteiger partial charge is 0.306 e. The minimum Gasteiger partial charge on any atom is -0.456 e. The standard InChI is InChI=1S/C19H18FNO4/c20-16-8-6-14(7-9-16)12-21-18(23)13-25-19(24)11-10-17(22)15-4-2-1-3-5-15/h1-9H,10-13H2,(H,21,23). The van der Waals surface area contributed by atoms with Gasteiger partial charge >= 0.3 is 5.97 Å². The van der Waals surface area contributed by atoms with Crippen molar-refractivity contribution in [1.82, 2.24) is 5.32 Å². The minimum atomic E-state index is -0.610. The van der Waals surface area contributed by atoms with E-state index in [9.17, 15) is 18.8 Å². The zero-order valence-electron chi connectivity index (χ0n) is 13.5. The number of amides is 1. The highest BCUT2D eigenvalue weighted by Gasteiger charge is 2.11. The second-order valence-corrected chi connectivity index (χ2v) is 5.35. The van der Waals surface area contributed by atoms with Crippen LogP contribution >= 0.6 is 0 Å². The molecule has 0 aliphatic carbocycles. The van der Waals surface area contributed by atoms with Gasteiger partial charge in [0.25, 0.3) is 5.91 Å². The van der Waals surface area contributed by atoms with Gasteiger partial charge in [0.15, 0.2) is 12.4 Å². The molecule has 0 bridgehead atoms. The summed E-state index contributed by atoms with van der Waals surface area (Å²) in [5.74, 6) is -1.58. The molecule has 0 fully saturated rings. The molecule has 0 spiro atoms. The fourth-order valence-electron chi connectivity index (χ4n) is 2.06. The predicted molar refractivity (Wildman–Crippen MR) is 89.2 cm³/mol. The Hall–Kier alpha value is -3.02. The lowest BCUT2D eigenvalue weighted by atomic mass is 10.1. The molecule has 0 aromatic heterocycles. The lowest BCUT2D eigenvalue weighted by molar-refractivity contribution is -0.148. The fraction of sp³-hybridized carbons (Fsp3) is 0.211. The van der Waals surface area contributed by atoms with Crippen LogP contribution in [0.5, 0.6) is 0 Å². The first-order valence-electron chi connectivity index (χ1n) is 7.79. The summed E-state index contributed by atoms with van der Waals surface area (Å²) >= 11 is 0. The summed E-state index contributed by atoms with van der Waals surface area (Å²) in [6, 6.07) is 14.3. The van der Waals surface area contributed by atoms with Gasteiger partial charge < -0.3 is 10.1 Å². The average Bonchev–Trinajstić information content (AvgIpc) is 2.64. The van der Waals surface area contributed by atoms with Crippen LogP contribution in [0, 0.1) is 5.82 Å². The monoisotopic (exact) mass is 343 g/mol. The average molecular weight is 343 g/mol. The normalized spacial score (nSPS) is 10.1. The van der Waals surface area contributed by atoms with Crippen molar-refractivity contribution in [3.63, 3.8) is 0 Å². The van der Waals surface area contributed by atoms with Crippen LogP contribution in [0.25, 0.3) is 0 Å². The lowest BCUT2D eigenvalue weighted by Crippen LogP contribution is -2.28. The van der Waals surface area contributed by atoms with E-state index in [4.69, 9.17) is 4.74 Å². The molecule has 1 amide bonds. The molecule has 0 heterocycles. The van der Waals surface area contributed by atoms with Crippen molar-refractivity contribution in [1.29, 1.82) is 0 Å². The fourth-order valence-corrected chi connectivity index (χ4v) is 2.06. The molecule has 5 nitrogen and oxygen atoms in total. The lowest BCUT2D eigenvalue weighted by Gasteiger charge is -2.07. The number of carbonyl (C=O) groups excluding carboxylic acids is 3. The van der Waals surface area contributed by atoms with E-state index in [0.717, 1.165) is 5.56 Å². The van der Waals surface area contributed by atoms with Gasteiger partial charge in [0.05, 0.1) is 6.42 Å². The van der Waals surface area contributed by atoms with E-state index in [2.05, 4.69) is 5.32 Å². The van der Waals surface area contributed by atoms with Crippen LogP contribution in [0.3, 0.4) is 0 Å². The van der Waals surface area contributed by atoms with Crippen molar-refractivity contribution in [3.05, 3.63) is 71.5 Å². The molecular weight excluding hydrogens is 325 g/mol. The second kappa shape index (κ2) is 9.32. The molecule has 2 rings (SSSR count). The molecular formula is C19H18FNO4. The van der Waals surface area contributed by atoms with Crippen LogP contribution in [0.15, 0.2) is 54.6 Å². The molecule has 25 heavy (non-hydrogen) atoms. The topological polar surface area (TPSA) is 72.5 Å². The van der Waals surface area contributed by atoms with Crippen molar-refractivity contribution in [3.8, 4) is 0 Å². The van der Waals surface area contributed by atoms with Gasteiger partial charge in [-0.25, -0.2) is 4.39 Å². The van der Waals surface area contributed by atoms with E-state index in [0.29, 0.717) is 5.56 Å². The van der Waals surface area contributed by atoms with Gasteiger partial charge in [0.1, 0.15) is 5.82 Å². The van der Waals surface area contributed by atoms with Gasteiger partial charge in [-0.2, -0.15) is 0 Å². The Bertz CT molecular complexity index is 729. The zero-order chi connectivity index (χ0) is 18.1. The third-order valence-corrected chi connectivity index (χ3v) is 3.42. The Morgan fingerprint density at radius 1 is 0.920 bits per heavy atom.